The van der Waals surface area contributed by atoms with Crippen LogP contribution >= 0.6 is 11.6 Å². The number of nitrogens with zero attached hydrogens (tertiary/aromatic N) is 1. The predicted molar refractivity (Wildman–Crippen MR) is 91.9 cm³/mol. The topological polar surface area (TPSA) is 42.0 Å². The third-order valence-corrected chi connectivity index (χ3v) is 4.36. The summed E-state index contributed by atoms with van der Waals surface area (Å²) >= 11 is 5.97. The Hall–Kier alpha value is -2.65. The summed E-state index contributed by atoms with van der Waals surface area (Å²) in [4.78, 5) is 16.2. The average molecular weight is 321 g/mol. The van der Waals surface area contributed by atoms with Gasteiger partial charge in [0.05, 0.1) is 5.56 Å². The second-order valence-electron chi connectivity index (χ2n) is 5.50. The first-order valence-electron chi connectivity index (χ1n) is 7.35. The van der Waals surface area contributed by atoms with Gasteiger partial charge in [0.2, 0.25) is 0 Å². The SMILES string of the molecule is O=C(Nc1ccc2c(c1)Cc1ccccc1-2)c1cccnc1Cl. The molecule has 0 fully saturated rings. The van der Waals surface area contributed by atoms with Crippen LogP contribution in [0.3, 0.4) is 0 Å². The maximum atomic E-state index is 12.3. The average Bonchev–Trinajstić information content (AvgIpc) is 2.92. The van der Waals surface area contributed by atoms with Crippen LogP contribution in [-0.2, 0) is 6.42 Å². The minimum absolute atomic E-state index is 0.207. The van der Waals surface area contributed by atoms with Crippen molar-refractivity contribution >= 4 is 23.2 Å². The van der Waals surface area contributed by atoms with E-state index in [1.165, 1.54) is 22.3 Å². The molecule has 0 radical (unpaired) electrons. The smallest absolute Gasteiger partial charge is 0.258 e. The summed E-state index contributed by atoms with van der Waals surface area (Å²) < 4.78 is 0. The van der Waals surface area contributed by atoms with Gasteiger partial charge in [0.25, 0.3) is 5.91 Å². The Kier molecular flexibility index (Phi) is 3.36. The van der Waals surface area contributed by atoms with Crippen molar-refractivity contribution in [3.8, 4) is 11.1 Å². The van der Waals surface area contributed by atoms with Gasteiger partial charge in [0, 0.05) is 11.9 Å². The van der Waals surface area contributed by atoms with E-state index in [-0.39, 0.29) is 11.1 Å². The number of nitrogens with one attached hydrogen (secondary N) is 1. The number of aromatic nitrogens is 1. The highest BCUT2D eigenvalue weighted by Gasteiger charge is 2.18. The minimum Gasteiger partial charge on any atom is -0.322 e. The Labute approximate surface area is 139 Å². The Bertz CT molecular complexity index is 921. The van der Waals surface area contributed by atoms with Crippen molar-refractivity contribution < 1.29 is 4.79 Å². The van der Waals surface area contributed by atoms with Crippen molar-refractivity contribution in [1.82, 2.24) is 4.98 Å². The summed E-state index contributed by atoms with van der Waals surface area (Å²) in [7, 11) is 0. The summed E-state index contributed by atoms with van der Waals surface area (Å²) in [6, 6.07) is 17.7. The lowest BCUT2D eigenvalue weighted by atomic mass is 10.1. The van der Waals surface area contributed by atoms with Crippen LogP contribution in [0.15, 0.2) is 60.8 Å². The molecule has 0 bridgehead atoms. The van der Waals surface area contributed by atoms with E-state index in [4.69, 9.17) is 11.6 Å². The van der Waals surface area contributed by atoms with Crippen molar-refractivity contribution in [2.45, 2.75) is 6.42 Å². The normalized spacial score (nSPS) is 11.7. The lowest BCUT2D eigenvalue weighted by Gasteiger charge is -2.08. The van der Waals surface area contributed by atoms with Crippen LogP contribution in [0.4, 0.5) is 5.69 Å². The fraction of sp³-hybridized carbons (Fsp3) is 0.0526. The number of carbonyl (C=O) groups excluding carboxylic acids is 1. The molecule has 0 aliphatic heterocycles. The van der Waals surface area contributed by atoms with Gasteiger partial charge in [-0.1, -0.05) is 41.9 Å². The number of carbonyl (C=O) groups is 1. The standard InChI is InChI=1S/C19H13ClN2O/c20-18-17(6-3-9-21-18)19(23)22-14-7-8-16-13(11-14)10-12-4-1-2-5-15(12)16/h1-9,11H,10H2,(H,22,23). The maximum absolute atomic E-state index is 12.3. The quantitative estimate of drug-likeness (QED) is 0.550. The number of rotatable bonds is 2. The molecule has 1 amide bonds. The van der Waals surface area contributed by atoms with Crippen molar-refractivity contribution in [2.24, 2.45) is 0 Å². The molecule has 3 nitrogen and oxygen atoms in total. The molecular formula is C19H13ClN2O. The Balaban J connectivity index is 1.62. The highest BCUT2D eigenvalue weighted by atomic mass is 35.5. The van der Waals surface area contributed by atoms with E-state index in [2.05, 4.69) is 34.6 Å². The van der Waals surface area contributed by atoms with Gasteiger partial charge in [-0.25, -0.2) is 4.98 Å². The Morgan fingerprint density at radius 3 is 2.70 bits per heavy atom. The molecule has 3 aromatic rings. The fourth-order valence-electron chi connectivity index (χ4n) is 2.98. The first kappa shape index (κ1) is 14.0. The van der Waals surface area contributed by atoms with Crippen molar-refractivity contribution in [3.05, 3.63) is 82.6 Å². The first-order valence-corrected chi connectivity index (χ1v) is 7.73. The summed E-state index contributed by atoms with van der Waals surface area (Å²) in [6.45, 7) is 0. The molecule has 112 valence electrons. The highest BCUT2D eigenvalue weighted by molar-refractivity contribution is 6.33. The molecule has 4 heteroatoms. The Morgan fingerprint density at radius 1 is 1.00 bits per heavy atom. The molecule has 4 rings (SSSR count). The molecule has 1 aliphatic carbocycles. The fourth-order valence-corrected chi connectivity index (χ4v) is 3.18. The number of pyridine rings is 1. The molecule has 1 aromatic heterocycles. The van der Waals surface area contributed by atoms with Gasteiger partial charge < -0.3 is 5.32 Å². The van der Waals surface area contributed by atoms with Gasteiger partial charge >= 0.3 is 0 Å². The van der Waals surface area contributed by atoms with E-state index < -0.39 is 0 Å². The van der Waals surface area contributed by atoms with Gasteiger partial charge in [0.15, 0.2) is 0 Å². The molecule has 1 N–H and O–H groups in total. The molecule has 0 saturated heterocycles. The van der Waals surface area contributed by atoms with Gasteiger partial charge in [-0.2, -0.15) is 0 Å². The van der Waals surface area contributed by atoms with Crippen LogP contribution in [0.1, 0.15) is 21.5 Å². The van der Waals surface area contributed by atoms with E-state index in [9.17, 15) is 4.79 Å². The number of fused-ring (bicyclic) bond motifs is 3. The monoisotopic (exact) mass is 320 g/mol. The zero-order chi connectivity index (χ0) is 15.8. The number of benzene rings is 2. The molecule has 23 heavy (non-hydrogen) atoms. The van der Waals surface area contributed by atoms with Crippen LogP contribution in [0, 0.1) is 0 Å². The van der Waals surface area contributed by atoms with Crippen LogP contribution in [0.2, 0.25) is 5.15 Å². The van der Waals surface area contributed by atoms with Crippen LogP contribution in [0.25, 0.3) is 11.1 Å². The zero-order valence-electron chi connectivity index (χ0n) is 12.2. The zero-order valence-corrected chi connectivity index (χ0v) is 13.0. The summed E-state index contributed by atoms with van der Waals surface area (Å²) in [5.74, 6) is -0.251. The molecule has 0 unspecified atom stereocenters. The van der Waals surface area contributed by atoms with Crippen molar-refractivity contribution in [1.29, 1.82) is 0 Å². The number of hydrogen-bond donors (Lipinski definition) is 1. The van der Waals surface area contributed by atoms with Crippen LogP contribution in [0.5, 0.6) is 0 Å². The van der Waals surface area contributed by atoms with Crippen molar-refractivity contribution in [2.75, 3.05) is 5.32 Å². The summed E-state index contributed by atoms with van der Waals surface area (Å²) in [6.07, 6.45) is 2.45. The highest BCUT2D eigenvalue weighted by Crippen LogP contribution is 2.37. The maximum Gasteiger partial charge on any atom is 0.258 e. The van der Waals surface area contributed by atoms with Gasteiger partial charge in [-0.15, -0.1) is 0 Å². The molecule has 0 atom stereocenters. The number of halogens is 1. The molecule has 2 aromatic carbocycles. The predicted octanol–water partition coefficient (Wildman–Crippen LogP) is 4.56. The van der Waals surface area contributed by atoms with Crippen molar-refractivity contribution in [3.63, 3.8) is 0 Å². The van der Waals surface area contributed by atoms with E-state index in [1.54, 1.807) is 18.3 Å². The third kappa shape index (κ3) is 2.49. The molecule has 0 spiro atoms. The number of hydrogen-bond acceptors (Lipinski definition) is 2. The first-order chi connectivity index (χ1) is 11.2. The van der Waals surface area contributed by atoms with E-state index in [1.807, 2.05) is 18.2 Å². The number of anilines is 1. The summed E-state index contributed by atoms with van der Waals surface area (Å²) in [5.41, 5.74) is 6.19. The van der Waals surface area contributed by atoms with Crippen LogP contribution < -0.4 is 5.32 Å². The van der Waals surface area contributed by atoms with Gasteiger partial charge in [-0.3, -0.25) is 4.79 Å². The van der Waals surface area contributed by atoms with Gasteiger partial charge in [-0.05, 0) is 52.9 Å². The Morgan fingerprint density at radius 2 is 1.83 bits per heavy atom. The molecule has 1 heterocycles. The van der Waals surface area contributed by atoms with Gasteiger partial charge in [0.1, 0.15) is 5.15 Å². The van der Waals surface area contributed by atoms with E-state index in [0.29, 0.717) is 5.56 Å². The van der Waals surface area contributed by atoms with E-state index >= 15 is 0 Å². The van der Waals surface area contributed by atoms with E-state index in [0.717, 1.165) is 12.1 Å². The molecule has 1 aliphatic rings. The largest absolute Gasteiger partial charge is 0.322 e. The second kappa shape index (κ2) is 5.52. The second-order valence-corrected chi connectivity index (χ2v) is 5.86. The lowest BCUT2D eigenvalue weighted by molar-refractivity contribution is 0.102. The minimum atomic E-state index is -0.251. The van der Waals surface area contributed by atoms with Crippen LogP contribution in [-0.4, -0.2) is 10.9 Å². The molecular weight excluding hydrogens is 308 g/mol. The molecule has 0 saturated carbocycles. The lowest BCUT2D eigenvalue weighted by Crippen LogP contribution is -2.13. The summed E-state index contributed by atoms with van der Waals surface area (Å²) in [5, 5.41) is 3.10. The number of amides is 1. The third-order valence-electron chi connectivity index (χ3n) is 4.06.